The van der Waals surface area contributed by atoms with Gasteiger partial charge in [0, 0.05) is 17.1 Å². The van der Waals surface area contributed by atoms with Crippen molar-refractivity contribution in [1.29, 1.82) is 0 Å². The van der Waals surface area contributed by atoms with Crippen LogP contribution in [0, 0.1) is 5.82 Å². The number of hydrogen-bond donors (Lipinski definition) is 1. The van der Waals surface area contributed by atoms with Crippen LogP contribution in [0.2, 0.25) is 0 Å². The summed E-state index contributed by atoms with van der Waals surface area (Å²) in [6.07, 6.45) is 0.301. The van der Waals surface area contributed by atoms with Gasteiger partial charge in [0.15, 0.2) is 0 Å². The van der Waals surface area contributed by atoms with Gasteiger partial charge < -0.3 is 10.2 Å². The Kier molecular flexibility index (Phi) is 10.0. The summed E-state index contributed by atoms with van der Waals surface area (Å²) < 4.78 is 42.8. The van der Waals surface area contributed by atoms with E-state index in [9.17, 15) is 22.4 Å². The van der Waals surface area contributed by atoms with E-state index in [2.05, 4.69) is 21.2 Å². The lowest BCUT2D eigenvalue weighted by Gasteiger charge is -2.33. The summed E-state index contributed by atoms with van der Waals surface area (Å²) in [4.78, 5) is 28.4. The highest BCUT2D eigenvalue weighted by molar-refractivity contribution is 9.10. The van der Waals surface area contributed by atoms with Crippen LogP contribution in [-0.4, -0.2) is 43.8 Å². The minimum absolute atomic E-state index is 0.00268. The van der Waals surface area contributed by atoms with Gasteiger partial charge in [-0.2, -0.15) is 0 Å². The van der Waals surface area contributed by atoms with Crippen molar-refractivity contribution in [2.75, 3.05) is 10.8 Å². The normalized spacial score (nSPS) is 12.2. The number of nitrogens with one attached hydrogen (secondary N) is 1. The predicted octanol–water partition coefficient (Wildman–Crippen LogP) is 5.12. The van der Waals surface area contributed by atoms with E-state index >= 15 is 0 Å². The average molecular weight is 605 g/mol. The molecule has 0 fully saturated rings. The molecule has 38 heavy (non-hydrogen) atoms. The number of halogens is 2. The van der Waals surface area contributed by atoms with Crippen molar-refractivity contribution in [2.24, 2.45) is 0 Å². The predicted molar refractivity (Wildman–Crippen MR) is 149 cm³/mol. The number of rotatable bonds is 11. The van der Waals surface area contributed by atoms with Crippen molar-refractivity contribution < 1.29 is 22.4 Å². The van der Waals surface area contributed by atoms with Crippen LogP contribution in [0.5, 0.6) is 0 Å². The average Bonchev–Trinajstić information content (AvgIpc) is 2.89. The summed E-state index contributed by atoms with van der Waals surface area (Å²) >= 11 is 3.36. The Balaban J connectivity index is 2.04. The molecular formula is C28H31BrFN3O4S. The maximum Gasteiger partial charge on any atom is 0.264 e. The van der Waals surface area contributed by atoms with Gasteiger partial charge in [0.1, 0.15) is 18.4 Å². The fourth-order valence-corrected chi connectivity index (χ4v) is 5.64. The Morgan fingerprint density at radius 3 is 2.11 bits per heavy atom. The molecule has 0 aliphatic heterocycles. The number of sulfonamides is 1. The van der Waals surface area contributed by atoms with Gasteiger partial charge in [0.05, 0.1) is 10.6 Å². The molecular weight excluding hydrogens is 573 g/mol. The SMILES string of the molecule is CCC(C(=O)NC(C)C)N(Cc1ccc(F)cc1)C(=O)CN(c1ccc(Br)cc1)S(=O)(=O)c1ccccc1. The van der Waals surface area contributed by atoms with E-state index in [4.69, 9.17) is 0 Å². The molecule has 0 saturated carbocycles. The third kappa shape index (κ3) is 7.41. The van der Waals surface area contributed by atoms with E-state index in [1.54, 1.807) is 49.4 Å². The monoisotopic (exact) mass is 603 g/mol. The van der Waals surface area contributed by atoms with Crippen LogP contribution in [0.25, 0.3) is 0 Å². The molecule has 10 heteroatoms. The smallest absolute Gasteiger partial charge is 0.264 e. The zero-order chi connectivity index (χ0) is 27.9. The highest BCUT2D eigenvalue weighted by Gasteiger charge is 2.33. The zero-order valence-electron chi connectivity index (χ0n) is 21.5. The second-order valence-electron chi connectivity index (χ2n) is 9.04. The first-order valence-electron chi connectivity index (χ1n) is 12.2. The molecule has 3 aromatic carbocycles. The number of hydrogen-bond acceptors (Lipinski definition) is 4. The maximum absolute atomic E-state index is 13.9. The van der Waals surface area contributed by atoms with Crippen molar-refractivity contribution in [3.8, 4) is 0 Å². The van der Waals surface area contributed by atoms with Gasteiger partial charge in [0.2, 0.25) is 11.8 Å². The first kappa shape index (κ1) is 29.3. The summed E-state index contributed by atoms with van der Waals surface area (Å²) in [6.45, 7) is 4.88. The number of nitrogens with zero attached hydrogens (tertiary/aromatic N) is 2. The molecule has 0 radical (unpaired) electrons. The van der Waals surface area contributed by atoms with E-state index < -0.39 is 34.3 Å². The topological polar surface area (TPSA) is 86.8 Å². The first-order chi connectivity index (χ1) is 18.0. The zero-order valence-corrected chi connectivity index (χ0v) is 23.9. The van der Waals surface area contributed by atoms with Gasteiger partial charge in [-0.1, -0.05) is 53.2 Å². The van der Waals surface area contributed by atoms with E-state index in [1.807, 2.05) is 13.8 Å². The van der Waals surface area contributed by atoms with E-state index in [0.29, 0.717) is 17.7 Å². The summed E-state index contributed by atoms with van der Waals surface area (Å²) in [7, 11) is -4.13. The standard InChI is InChI=1S/C28H31BrFN3O4S/c1-4-26(28(35)31-20(2)3)32(18-21-10-14-23(30)15-11-21)27(34)19-33(24-16-12-22(29)13-17-24)38(36,37)25-8-6-5-7-9-25/h5-17,20,26H,4,18-19H2,1-3H3,(H,31,35). The summed E-state index contributed by atoms with van der Waals surface area (Å²) in [5.41, 5.74) is 0.906. The fourth-order valence-electron chi connectivity index (χ4n) is 3.94. The Hall–Kier alpha value is -3.24. The fraction of sp³-hybridized carbons (Fsp3) is 0.286. The molecule has 0 bridgehead atoms. The number of anilines is 1. The Morgan fingerprint density at radius 2 is 1.55 bits per heavy atom. The summed E-state index contributed by atoms with van der Waals surface area (Å²) in [5.74, 6) is -1.34. The number of carbonyl (C=O) groups excluding carboxylic acids is 2. The van der Waals surface area contributed by atoms with E-state index in [-0.39, 0.29) is 23.4 Å². The van der Waals surface area contributed by atoms with Crippen LogP contribution in [-0.2, 0) is 26.2 Å². The van der Waals surface area contributed by atoms with Crippen LogP contribution in [0.4, 0.5) is 10.1 Å². The highest BCUT2D eigenvalue weighted by Crippen LogP contribution is 2.26. The van der Waals surface area contributed by atoms with Gasteiger partial charge in [-0.15, -0.1) is 0 Å². The summed E-state index contributed by atoms with van der Waals surface area (Å²) in [6, 6.07) is 19.1. The highest BCUT2D eigenvalue weighted by atomic mass is 79.9. The Labute approximate surface area is 231 Å². The van der Waals surface area contributed by atoms with Crippen molar-refractivity contribution in [2.45, 2.75) is 50.7 Å². The minimum Gasteiger partial charge on any atom is -0.352 e. The lowest BCUT2D eigenvalue weighted by molar-refractivity contribution is -0.140. The van der Waals surface area contributed by atoms with Crippen molar-refractivity contribution >= 4 is 43.5 Å². The molecule has 2 amide bonds. The van der Waals surface area contributed by atoms with Crippen molar-refractivity contribution in [3.05, 3.63) is 94.7 Å². The van der Waals surface area contributed by atoms with Crippen LogP contribution < -0.4 is 9.62 Å². The van der Waals surface area contributed by atoms with Crippen molar-refractivity contribution in [3.63, 3.8) is 0 Å². The third-order valence-corrected chi connectivity index (χ3v) is 8.12. The molecule has 0 spiro atoms. The van der Waals surface area contributed by atoms with Crippen molar-refractivity contribution in [1.82, 2.24) is 10.2 Å². The van der Waals surface area contributed by atoms with E-state index in [0.717, 1.165) is 8.78 Å². The molecule has 1 unspecified atom stereocenters. The second-order valence-corrected chi connectivity index (χ2v) is 11.8. The molecule has 7 nitrogen and oxygen atoms in total. The van der Waals surface area contributed by atoms with E-state index in [1.165, 1.54) is 41.3 Å². The van der Waals surface area contributed by atoms with Gasteiger partial charge in [-0.05, 0) is 74.4 Å². The number of carbonyl (C=O) groups is 2. The largest absolute Gasteiger partial charge is 0.352 e. The van der Waals surface area contributed by atoms with Crippen LogP contribution in [0.3, 0.4) is 0 Å². The minimum atomic E-state index is -4.13. The molecule has 0 aromatic heterocycles. The molecule has 3 aromatic rings. The number of amides is 2. The molecule has 202 valence electrons. The lowest BCUT2D eigenvalue weighted by atomic mass is 10.1. The van der Waals surface area contributed by atoms with Gasteiger partial charge in [-0.25, -0.2) is 12.8 Å². The second kappa shape index (κ2) is 13.0. The van der Waals surface area contributed by atoms with Gasteiger partial charge in [0.25, 0.3) is 10.0 Å². The summed E-state index contributed by atoms with van der Waals surface area (Å²) in [5, 5.41) is 2.84. The molecule has 0 saturated heterocycles. The van der Waals surface area contributed by atoms with Gasteiger partial charge >= 0.3 is 0 Å². The lowest BCUT2D eigenvalue weighted by Crippen LogP contribution is -2.53. The number of benzene rings is 3. The molecule has 0 aliphatic carbocycles. The van der Waals surface area contributed by atoms with Crippen LogP contribution >= 0.6 is 15.9 Å². The quantitative estimate of drug-likeness (QED) is 0.330. The van der Waals surface area contributed by atoms with Crippen LogP contribution in [0.1, 0.15) is 32.8 Å². The molecule has 1 atom stereocenters. The molecule has 1 N–H and O–H groups in total. The molecule has 0 heterocycles. The Bertz CT molecular complexity index is 1330. The van der Waals surface area contributed by atoms with Crippen LogP contribution in [0.15, 0.2) is 88.2 Å². The Morgan fingerprint density at radius 1 is 0.947 bits per heavy atom. The van der Waals surface area contributed by atoms with Gasteiger partial charge in [-0.3, -0.25) is 13.9 Å². The first-order valence-corrected chi connectivity index (χ1v) is 14.4. The molecule has 0 aliphatic rings. The third-order valence-electron chi connectivity index (χ3n) is 5.81. The molecule has 3 rings (SSSR count). The maximum atomic E-state index is 13.9.